The molecule has 0 heterocycles. The summed E-state index contributed by atoms with van der Waals surface area (Å²) in [5.74, 6) is 1.09. The highest BCUT2D eigenvalue weighted by Gasteiger charge is 2.13. The van der Waals surface area contributed by atoms with Crippen LogP contribution in [0.15, 0.2) is 18.2 Å². The van der Waals surface area contributed by atoms with Crippen molar-refractivity contribution in [2.75, 3.05) is 27.9 Å². The average Bonchev–Trinajstić information content (AvgIpc) is 2.47. The first-order valence-electron chi connectivity index (χ1n) is 6.18. The molecule has 19 heavy (non-hydrogen) atoms. The van der Waals surface area contributed by atoms with Gasteiger partial charge in [-0.25, -0.2) is 0 Å². The van der Waals surface area contributed by atoms with Crippen LogP contribution in [-0.2, 0) is 9.53 Å². The molecule has 1 rings (SSSR count). The van der Waals surface area contributed by atoms with Gasteiger partial charge in [-0.2, -0.15) is 0 Å². The van der Waals surface area contributed by atoms with E-state index in [-0.39, 0.29) is 18.6 Å². The summed E-state index contributed by atoms with van der Waals surface area (Å²) in [7, 11) is 4.58. The van der Waals surface area contributed by atoms with Gasteiger partial charge in [0.05, 0.1) is 27.9 Å². The predicted molar refractivity (Wildman–Crippen MR) is 72.6 cm³/mol. The van der Waals surface area contributed by atoms with Gasteiger partial charge < -0.3 is 19.5 Å². The van der Waals surface area contributed by atoms with E-state index in [0.29, 0.717) is 11.5 Å². The molecular weight excluding hydrogens is 246 g/mol. The molecule has 1 aromatic rings. The van der Waals surface area contributed by atoms with Crippen molar-refractivity contribution in [3.63, 3.8) is 0 Å². The average molecular weight is 267 g/mol. The Balaban J connectivity index is 2.83. The standard InChI is InChI=1S/C14H21NO4/c1-5-11(15-9-14(16)19-4)10-6-7-12(17-2)13(8-10)18-3/h6-8,11,15H,5,9H2,1-4H3. The monoisotopic (exact) mass is 267 g/mol. The molecule has 1 atom stereocenters. The van der Waals surface area contributed by atoms with Crippen molar-refractivity contribution in [2.45, 2.75) is 19.4 Å². The number of ether oxygens (including phenoxy) is 3. The van der Waals surface area contributed by atoms with Gasteiger partial charge in [-0.15, -0.1) is 0 Å². The number of esters is 1. The van der Waals surface area contributed by atoms with Crippen molar-refractivity contribution in [1.82, 2.24) is 5.32 Å². The molecule has 0 fully saturated rings. The molecule has 0 saturated carbocycles. The number of hydrogen-bond acceptors (Lipinski definition) is 5. The van der Waals surface area contributed by atoms with Crippen LogP contribution in [0.25, 0.3) is 0 Å². The lowest BCUT2D eigenvalue weighted by atomic mass is 10.0. The van der Waals surface area contributed by atoms with E-state index in [1.54, 1.807) is 14.2 Å². The van der Waals surface area contributed by atoms with Gasteiger partial charge in [0.25, 0.3) is 0 Å². The molecule has 1 unspecified atom stereocenters. The molecule has 0 bridgehead atoms. The van der Waals surface area contributed by atoms with Crippen molar-refractivity contribution in [3.8, 4) is 11.5 Å². The number of methoxy groups -OCH3 is 3. The summed E-state index contributed by atoms with van der Waals surface area (Å²) in [6.07, 6.45) is 0.854. The van der Waals surface area contributed by atoms with Gasteiger partial charge in [0.15, 0.2) is 11.5 Å². The van der Waals surface area contributed by atoms with Gasteiger partial charge in [-0.1, -0.05) is 13.0 Å². The molecule has 0 aliphatic rings. The van der Waals surface area contributed by atoms with Crippen LogP contribution >= 0.6 is 0 Å². The molecule has 1 aromatic carbocycles. The predicted octanol–water partition coefficient (Wildman–Crippen LogP) is 1.92. The van der Waals surface area contributed by atoms with Crippen LogP contribution < -0.4 is 14.8 Å². The Kier molecular flexibility index (Phi) is 6.15. The van der Waals surface area contributed by atoms with E-state index >= 15 is 0 Å². The van der Waals surface area contributed by atoms with Gasteiger partial charge in [-0.3, -0.25) is 4.79 Å². The van der Waals surface area contributed by atoms with Crippen molar-refractivity contribution in [2.24, 2.45) is 0 Å². The number of carbonyl (C=O) groups is 1. The maximum atomic E-state index is 11.2. The number of rotatable bonds is 7. The highest BCUT2D eigenvalue weighted by Crippen LogP contribution is 2.30. The summed E-state index contributed by atoms with van der Waals surface area (Å²) < 4.78 is 15.1. The van der Waals surface area contributed by atoms with Crippen molar-refractivity contribution >= 4 is 5.97 Å². The van der Waals surface area contributed by atoms with E-state index < -0.39 is 0 Å². The maximum absolute atomic E-state index is 11.2. The SMILES string of the molecule is CCC(NCC(=O)OC)c1ccc(OC)c(OC)c1. The summed E-state index contributed by atoms with van der Waals surface area (Å²) in [5, 5.41) is 3.15. The molecule has 1 N–H and O–H groups in total. The molecule has 0 aliphatic heterocycles. The third-order valence-electron chi connectivity index (χ3n) is 2.94. The molecule has 0 spiro atoms. The van der Waals surface area contributed by atoms with Crippen molar-refractivity contribution in [3.05, 3.63) is 23.8 Å². The van der Waals surface area contributed by atoms with Crippen LogP contribution in [0.1, 0.15) is 24.9 Å². The molecule has 0 radical (unpaired) electrons. The van der Waals surface area contributed by atoms with Crippen LogP contribution in [0.5, 0.6) is 11.5 Å². The molecular formula is C14H21NO4. The van der Waals surface area contributed by atoms with Crippen LogP contribution in [0.3, 0.4) is 0 Å². The zero-order chi connectivity index (χ0) is 14.3. The second-order valence-corrected chi connectivity index (χ2v) is 4.03. The fourth-order valence-electron chi connectivity index (χ4n) is 1.85. The van der Waals surface area contributed by atoms with Crippen molar-refractivity contribution < 1.29 is 19.0 Å². The van der Waals surface area contributed by atoms with E-state index in [1.807, 2.05) is 25.1 Å². The van der Waals surface area contributed by atoms with Gasteiger partial charge in [0, 0.05) is 6.04 Å². The first-order valence-corrected chi connectivity index (χ1v) is 6.18. The minimum absolute atomic E-state index is 0.0684. The summed E-state index contributed by atoms with van der Waals surface area (Å²) >= 11 is 0. The molecule has 0 amide bonds. The van der Waals surface area contributed by atoms with Gasteiger partial charge in [0.2, 0.25) is 0 Å². The first kappa shape index (κ1) is 15.3. The van der Waals surface area contributed by atoms with Crippen molar-refractivity contribution in [1.29, 1.82) is 0 Å². The van der Waals surface area contributed by atoms with E-state index in [9.17, 15) is 4.79 Å². The third kappa shape index (κ3) is 4.13. The van der Waals surface area contributed by atoms with Gasteiger partial charge in [0.1, 0.15) is 0 Å². The lowest BCUT2D eigenvalue weighted by molar-refractivity contribution is -0.139. The Morgan fingerprint density at radius 2 is 1.89 bits per heavy atom. The summed E-state index contributed by atoms with van der Waals surface area (Å²) in [6.45, 7) is 2.23. The van der Waals surface area contributed by atoms with E-state index in [0.717, 1.165) is 12.0 Å². The second kappa shape index (κ2) is 7.63. The van der Waals surface area contributed by atoms with Gasteiger partial charge >= 0.3 is 5.97 Å². The summed E-state index contributed by atoms with van der Waals surface area (Å²) in [6, 6.07) is 5.80. The number of carbonyl (C=O) groups excluding carboxylic acids is 1. The van der Waals surface area contributed by atoms with Crippen LogP contribution in [0, 0.1) is 0 Å². The lowest BCUT2D eigenvalue weighted by Gasteiger charge is -2.18. The molecule has 5 nitrogen and oxygen atoms in total. The number of hydrogen-bond donors (Lipinski definition) is 1. The fraction of sp³-hybridized carbons (Fsp3) is 0.500. The number of nitrogens with one attached hydrogen (secondary N) is 1. The Labute approximate surface area is 113 Å². The van der Waals surface area contributed by atoms with E-state index in [1.165, 1.54) is 7.11 Å². The summed E-state index contributed by atoms with van der Waals surface area (Å²) in [4.78, 5) is 11.2. The Morgan fingerprint density at radius 3 is 2.42 bits per heavy atom. The highest BCUT2D eigenvalue weighted by atomic mass is 16.5. The van der Waals surface area contributed by atoms with Gasteiger partial charge in [-0.05, 0) is 24.1 Å². The molecule has 0 aliphatic carbocycles. The number of benzene rings is 1. The normalized spacial score (nSPS) is 11.8. The van der Waals surface area contributed by atoms with E-state index in [4.69, 9.17) is 9.47 Å². The Bertz CT molecular complexity index is 420. The maximum Gasteiger partial charge on any atom is 0.319 e. The molecule has 5 heteroatoms. The fourth-order valence-corrected chi connectivity index (χ4v) is 1.85. The second-order valence-electron chi connectivity index (χ2n) is 4.03. The highest BCUT2D eigenvalue weighted by molar-refractivity contribution is 5.71. The minimum atomic E-state index is -0.279. The zero-order valence-electron chi connectivity index (χ0n) is 11.9. The molecule has 0 saturated heterocycles. The Morgan fingerprint density at radius 1 is 1.21 bits per heavy atom. The Hall–Kier alpha value is -1.75. The largest absolute Gasteiger partial charge is 0.493 e. The molecule has 106 valence electrons. The molecule has 0 aromatic heterocycles. The zero-order valence-corrected chi connectivity index (χ0v) is 11.9. The van der Waals surface area contributed by atoms with Crippen LogP contribution in [0.2, 0.25) is 0 Å². The minimum Gasteiger partial charge on any atom is -0.493 e. The third-order valence-corrected chi connectivity index (χ3v) is 2.94. The summed E-state index contributed by atoms with van der Waals surface area (Å²) in [5.41, 5.74) is 1.05. The lowest BCUT2D eigenvalue weighted by Crippen LogP contribution is -2.28. The van der Waals surface area contributed by atoms with Crippen LogP contribution in [0.4, 0.5) is 0 Å². The topological polar surface area (TPSA) is 56.8 Å². The van der Waals surface area contributed by atoms with Crippen LogP contribution in [-0.4, -0.2) is 33.8 Å². The smallest absolute Gasteiger partial charge is 0.319 e. The quantitative estimate of drug-likeness (QED) is 0.765. The first-order chi connectivity index (χ1) is 9.15. The van der Waals surface area contributed by atoms with E-state index in [2.05, 4.69) is 10.1 Å².